The number of hydrogen-bond acceptors (Lipinski definition) is 3. The monoisotopic (exact) mass is 378 g/mol. The van der Waals surface area contributed by atoms with Crippen LogP contribution in [0.2, 0.25) is 0 Å². The normalized spacial score (nSPS) is 11.1. The maximum absolute atomic E-state index is 9.65. The standard InChI is InChI=1S/C14H8Br2N2O/c15-11-6-9(7-12(16)14(11)19)5-10(8-17)13-3-1-2-4-18-13/h1-7,19H/b10-5+. The van der Waals surface area contributed by atoms with Crippen molar-refractivity contribution in [2.45, 2.75) is 0 Å². The van der Waals surface area contributed by atoms with Crippen molar-refractivity contribution in [2.24, 2.45) is 0 Å². The lowest BCUT2D eigenvalue weighted by Gasteiger charge is -2.03. The maximum atomic E-state index is 9.65. The molecule has 0 aliphatic carbocycles. The summed E-state index contributed by atoms with van der Waals surface area (Å²) >= 11 is 6.51. The fourth-order valence-electron chi connectivity index (χ4n) is 1.52. The van der Waals surface area contributed by atoms with Crippen LogP contribution in [-0.4, -0.2) is 10.1 Å². The fraction of sp³-hybridized carbons (Fsp3) is 0. The van der Waals surface area contributed by atoms with Gasteiger partial charge in [0.05, 0.1) is 20.2 Å². The molecule has 94 valence electrons. The van der Waals surface area contributed by atoms with E-state index < -0.39 is 0 Å². The Morgan fingerprint density at radius 2 is 1.95 bits per heavy atom. The summed E-state index contributed by atoms with van der Waals surface area (Å²) in [5, 5.41) is 18.9. The Labute approximate surface area is 127 Å². The Hall–Kier alpha value is -1.64. The molecular formula is C14H8Br2N2O. The molecule has 0 spiro atoms. The van der Waals surface area contributed by atoms with E-state index >= 15 is 0 Å². The highest BCUT2D eigenvalue weighted by Crippen LogP contribution is 2.34. The van der Waals surface area contributed by atoms with Gasteiger partial charge in [0.1, 0.15) is 11.8 Å². The average Bonchev–Trinajstić information content (AvgIpc) is 2.43. The Kier molecular flexibility index (Phi) is 4.35. The Balaban J connectivity index is 2.48. The van der Waals surface area contributed by atoms with Gasteiger partial charge in [-0.2, -0.15) is 5.26 Å². The minimum atomic E-state index is 0.133. The van der Waals surface area contributed by atoms with Crippen molar-refractivity contribution in [1.29, 1.82) is 5.26 Å². The van der Waals surface area contributed by atoms with Crippen molar-refractivity contribution in [3.63, 3.8) is 0 Å². The van der Waals surface area contributed by atoms with E-state index in [0.717, 1.165) is 5.56 Å². The van der Waals surface area contributed by atoms with Gasteiger partial charge in [-0.05, 0) is 67.8 Å². The molecule has 0 unspecified atom stereocenters. The van der Waals surface area contributed by atoms with Crippen LogP contribution in [0, 0.1) is 11.3 Å². The zero-order valence-electron chi connectivity index (χ0n) is 9.64. The zero-order valence-corrected chi connectivity index (χ0v) is 12.8. The van der Waals surface area contributed by atoms with Gasteiger partial charge in [0.25, 0.3) is 0 Å². The van der Waals surface area contributed by atoms with E-state index in [-0.39, 0.29) is 5.75 Å². The molecule has 1 aromatic heterocycles. The molecule has 0 radical (unpaired) electrons. The minimum Gasteiger partial charge on any atom is -0.506 e. The molecule has 1 N–H and O–H groups in total. The van der Waals surface area contributed by atoms with Gasteiger partial charge in [0.15, 0.2) is 0 Å². The van der Waals surface area contributed by atoms with Crippen molar-refractivity contribution in [2.75, 3.05) is 0 Å². The van der Waals surface area contributed by atoms with Crippen LogP contribution in [0.4, 0.5) is 0 Å². The van der Waals surface area contributed by atoms with E-state index in [4.69, 9.17) is 0 Å². The minimum absolute atomic E-state index is 0.133. The molecule has 0 saturated heterocycles. The van der Waals surface area contributed by atoms with E-state index in [1.807, 2.05) is 6.07 Å². The molecule has 1 aromatic carbocycles. The smallest absolute Gasteiger partial charge is 0.143 e. The number of nitrogens with zero attached hydrogens (tertiary/aromatic N) is 2. The second-order valence-electron chi connectivity index (χ2n) is 3.72. The molecule has 0 saturated carbocycles. The third-order valence-corrected chi connectivity index (χ3v) is 3.62. The number of pyridine rings is 1. The summed E-state index contributed by atoms with van der Waals surface area (Å²) in [6, 6.07) is 11.0. The van der Waals surface area contributed by atoms with Crippen LogP contribution in [0.3, 0.4) is 0 Å². The SMILES string of the molecule is N#C/C(=C\c1cc(Br)c(O)c(Br)c1)c1ccccn1. The van der Waals surface area contributed by atoms with Crippen LogP contribution in [0.15, 0.2) is 45.5 Å². The summed E-state index contributed by atoms with van der Waals surface area (Å²) in [7, 11) is 0. The molecule has 0 bridgehead atoms. The van der Waals surface area contributed by atoms with Gasteiger partial charge in [0.2, 0.25) is 0 Å². The number of halogens is 2. The van der Waals surface area contributed by atoms with Gasteiger partial charge in [0, 0.05) is 6.20 Å². The third kappa shape index (κ3) is 3.22. The lowest BCUT2D eigenvalue weighted by Crippen LogP contribution is -1.86. The van der Waals surface area contributed by atoms with Crippen molar-refractivity contribution in [1.82, 2.24) is 4.98 Å². The molecule has 19 heavy (non-hydrogen) atoms. The van der Waals surface area contributed by atoms with Crippen molar-refractivity contribution in [3.05, 3.63) is 56.7 Å². The molecule has 0 atom stereocenters. The second-order valence-corrected chi connectivity index (χ2v) is 5.43. The number of hydrogen-bond donors (Lipinski definition) is 1. The van der Waals surface area contributed by atoms with Gasteiger partial charge >= 0.3 is 0 Å². The number of benzene rings is 1. The van der Waals surface area contributed by atoms with E-state index in [0.29, 0.717) is 20.2 Å². The number of rotatable bonds is 2. The Morgan fingerprint density at radius 1 is 1.26 bits per heavy atom. The summed E-state index contributed by atoms with van der Waals surface area (Å²) in [5.41, 5.74) is 1.87. The number of phenolic OH excluding ortho intramolecular Hbond substituents is 1. The lowest BCUT2D eigenvalue weighted by atomic mass is 10.1. The number of phenols is 1. The quantitative estimate of drug-likeness (QED) is 0.788. The van der Waals surface area contributed by atoms with Gasteiger partial charge in [-0.15, -0.1) is 0 Å². The Morgan fingerprint density at radius 3 is 2.47 bits per heavy atom. The molecule has 2 rings (SSSR count). The average molecular weight is 380 g/mol. The lowest BCUT2D eigenvalue weighted by molar-refractivity contribution is 0.468. The van der Waals surface area contributed by atoms with Crippen LogP contribution in [-0.2, 0) is 0 Å². The van der Waals surface area contributed by atoms with E-state index in [1.165, 1.54) is 0 Å². The molecule has 0 fully saturated rings. The Bertz CT molecular complexity index is 653. The number of aromatic hydroxyl groups is 1. The summed E-state index contributed by atoms with van der Waals surface area (Å²) in [4.78, 5) is 4.14. The van der Waals surface area contributed by atoms with Crippen LogP contribution in [0.1, 0.15) is 11.3 Å². The predicted molar refractivity (Wildman–Crippen MR) is 81.2 cm³/mol. The molecule has 0 aliphatic heterocycles. The molecule has 5 heteroatoms. The zero-order chi connectivity index (χ0) is 13.8. The second kappa shape index (κ2) is 6.00. The van der Waals surface area contributed by atoms with Crippen LogP contribution in [0.5, 0.6) is 5.75 Å². The number of aromatic nitrogens is 1. The molecule has 3 nitrogen and oxygen atoms in total. The van der Waals surface area contributed by atoms with Crippen molar-refractivity contribution >= 4 is 43.5 Å². The fourth-order valence-corrected chi connectivity index (χ4v) is 2.74. The first kappa shape index (κ1) is 13.8. The van der Waals surface area contributed by atoms with E-state index in [9.17, 15) is 10.4 Å². The predicted octanol–water partition coefficient (Wildman–Crippen LogP) is 4.38. The topological polar surface area (TPSA) is 56.9 Å². The molecule has 1 heterocycles. The number of allylic oxidation sites excluding steroid dienone is 1. The van der Waals surface area contributed by atoms with Gasteiger partial charge in [-0.3, -0.25) is 4.98 Å². The van der Waals surface area contributed by atoms with E-state index in [1.54, 1.807) is 36.5 Å². The van der Waals surface area contributed by atoms with Crippen molar-refractivity contribution in [3.8, 4) is 11.8 Å². The summed E-state index contributed by atoms with van der Waals surface area (Å²) in [6.07, 6.45) is 3.36. The largest absolute Gasteiger partial charge is 0.506 e. The van der Waals surface area contributed by atoms with Gasteiger partial charge in [-0.1, -0.05) is 6.07 Å². The molecule has 2 aromatic rings. The summed E-state index contributed by atoms with van der Waals surface area (Å²) in [6.45, 7) is 0. The summed E-state index contributed by atoms with van der Waals surface area (Å²) in [5.74, 6) is 0.133. The summed E-state index contributed by atoms with van der Waals surface area (Å²) < 4.78 is 1.12. The van der Waals surface area contributed by atoms with Crippen LogP contribution < -0.4 is 0 Å². The first-order chi connectivity index (χ1) is 9.11. The van der Waals surface area contributed by atoms with Crippen LogP contribution in [0.25, 0.3) is 11.6 Å². The van der Waals surface area contributed by atoms with Crippen molar-refractivity contribution < 1.29 is 5.11 Å². The highest BCUT2D eigenvalue weighted by Gasteiger charge is 2.07. The highest BCUT2D eigenvalue weighted by atomic mass is 79.9. The number of nitriles is 1. The first-order valence-corrected chi connectivity index (χ1v) is 6.91. The molecule has 0 aliphatic rings. The van der Waals surface area contributed by atoms with Gasteiger partial charge < -0.3 is 5.11 Å². The highest BCUT2D eigenvalue weighted by molar-refractivity contribution is 9.11. The molecular weight excluding hydrogens is 372 g/mol. The van der Waals surface area contributed by atoms with Gasteiger partial charge in [-0.25, -0.2) is 0 Å². The van der Waals surface area contributed by atoms with E-state index in [2.05, 4.69) is 42.9 Å². The maximum Gasteiger partial charge on any atom is 0.143 e. The molecule has 0 amide bonds. The third-order valence-electron chi connectivity index (χ3n) is 2.41. The first-order valence-electron chi connectivity index (χ1n) is 5.33. The van der Waals surface area contributed by atoms with Crippen LogP contribution >= 0.6 is 31.9 Å².